The summed E-state index contributed by atoms with van der Waals surface area (Å²) in [5.74, 6) is 0.146. The van der Waals surface area contributed by atoms with Gasteiger partial charge in [-0.1, -0.05) is 29.4 Å². The Kier molecular flexibility index (Phi) is 6.56. The van der Waals surface area contributed by atoms with Crippen molar-refractivity contribution in [3.8, 4) is 5.69 Å². The monoisotopic (exact) mass is 442 g/mol. The zero-order valence-corrected chi connectivity index (χ0v) is 18.2. The molecule has 30 heavy (non-hydrogen) atoms. The summed E-state index contributed by atoms with van der Waals surface area (Å²) < 4.78 is 1.81. The van der Waals surface area contributed by atoms with Crippen LogP contribution in [0.3, 0.4) is 0 Å². The van der Waals surface area contributed by atoms with Gasteiger partial charge in [-0.15, -0.1) is 10.2 Å². The molecule has 2 heterocycles. The molecule has 4 rings (SSSR count). The number of thioether (sulfide) groups is 1. The second-order valence-electron chi connectivity index (χ2n) is 7.14. The number of amides is 1. The van der Waals surface area contributed by atoms with Crippen molar-refractivity contribution in [1.82, 2.24) is 19.7 Å². The van der Waals surface area contributed by atoms with Crippen molar-refractivity contribution in [1.29, 1.82) is 0 Å². The summed E-state index contributed by atoms with van der Waals surface area (Å²) in [6, 6.07) is 15.4. The molecule has 3 aromatic rings. The lowest BCUT2D eigenvalue weighted by molar-refractivity contribution is -0.113. The molecule has 156 valence electrons. The standard InChI is InChI=1S/C21H23ClN6OS/c1-26-9-11-27(12-10-26)18-7-5-17(6-8-18)24-20(29)14-30-21-25-23-15-28(21)19-4-2-3-16(22)13-19/h2-8,13,15H,9-12,14H2,1H3,(H,24,29). The van der Waals surface area contributed by atoms with Gasteiger partial charge in [0.05, 0.1) is 11.4 Å². The molecule has 0 saturated carbocycles. The number of halogens is 1. The number of nitrogens with one attached hydrogen (secondary N) is 1. The maximum Gasteiger partial charge on any atom is 0.234 e. The number of benzene rings is 2. The molecule has 0 radical (unpaired) electrons. The molecule has 0 spiro atoms. The lowest BCUT2D eigenvalue weighted by Gasteiger charge is -2.34. The predicted octanol–water partition coefficient (Wildman–Crippen LogP) is 3.40. The first-order chi connectivity index (χ1) is 14.6. The zero-order valence-electron chi connectivity index (χ0n) is 16.7. The van der Waals surface area contributed by atoms with E-state index in [0.717, 1.165) is 37.6 Å². The van der Waals surface area contributed by atoms with Crippen molar-refractivity contribution < 1.29 is 4.79 Å². The number of carbonyl (C=O) groups excluding carboxylic acids is 1. The van der Waals surface area contributed by atoms with E-state index < -0.39 is 0 Å². The SMILES string of the molecule is CN1CCN(c2ccc(NC(=O)CSc3nncn3-c3cccc(Cl)c3)cc2)CC1. The van der Waals surface area contributed by atoms with Crippen molar-refractivity contribution >= 4 is 40.6 Å². The van der Waals surface area contributed by atoms with E-state index in [1.165, 1.54) is 17.4 Å². The van der Waals surface area contributed by atoms with Gasteiger partial charge in [-0.05, 0) is 49.5 Å². The average Bonchev–Trinajstić information content (AvgIpc) is 3.22. The number of nitrogens with zero attached hydrogens (tertiary/aromatic N) is 5. The van der Waals surface area contributed by atoms with Crippen LogP contribution in [-0.2, 0) is 4.79 Å². The quantitative estimate of drug-likeness (QED) is 0.590. The van der Waals surface area contributed by atoms with Crippen LogP contribution in [0.15, 0.2) is 60.0 Å². The lowest BCUT2D eigenvalue weighted by atomic mass is 10.2. The molecule has 1 fully saturated rings. The molecule has 0 aliphatic carbocycles. The van der Waals surface area contributed by atoms with E-state index >= 15 is 0 Å². The Morgan fingerprint density at radius 1 is 1.10 bits per heavy atom. The Labute approximate surface area is 185 Å². The molecule has 1 aliphatic rings. The molecule has 0 bridgehead atoms. The smallest absolute Gasteiger partial charge is 0.234 e. The van der Waals surface area contributed by atoms with Gasteiger partial charge in [0.15, 0.2) is 5.16 Å². The highest BCUT2D eigenvalue weighted by atomic mass is 35.5. The van der Waals surface area contributed by atoms with E-state index in [1.54, 1.807) is 6.33 Å². The maximum atomic E-state index is 12.4. The topological polar surface area (TPSA) is 66.3 Å². The molecule has 9 heteroatoms. The van der Waals surface area contributed by atoms with Gasteiger partial charge >= 0.3 is 0 Å². The number of hydrogen-bond donors (Lipinski definition) is 1. The van der Waals surface area contributed by atoms with Crippen LogP contribution in [-0.4, -0.2) is 64.6 Å². The molecule has 0 atom stereocenters. The Morgan fingerprint density at radius 2 is 1.87 bits per heavy atom. The molecular formula is C21H23ClN6OS. The van der Waals surface area contributed by atoms with Crippen LogP contribution in [0.5, 0.6) is 0 Å². The maximum absolute atomic E-state index is 12.4. The number of piperazine rings is 1. The summed E-state index contributed by atoms with van der Waals surface area (Å²) in [4.78, 5) is 17.1. The fourth-order valence-electron chi connectivity index (χ4n) is 3.27. The van der Waals surface area contributed by atoms with E-state index in [4.69, 9.17) is 11.6 Å². The number of aromatic nitrogens is 3. The van der Waals surface area contributed by atoms with Crippen LogP contribution in [0, 0.1) is 0 Å². The fourth-order valence-corrected chi connectivity index (χ4v) is 4.19. The van der Waals surface area contributed by atoms with Gasteiger partial charge in [0.25, 0.3) is 0 Å². The normalized spacial score (nSPS) is 14.7. The highest BCUT2D eigenvalue weighted by molar-refractivity contribution is 7.99. The van der Waals surface area contributed by atoms with Crippen molar-refractivity contribution in [2.24, 2.45) is 0 Å². The van der Waals surface area contributed by atoms with E-state index in [2.05, 4.69) is 44.5 Å². The molecule has 0 unspecified atom stereocenters. The highest BCUT2D eigenvalue weighted by Crippen LogP contribution is 2.23. The molecule has 1 aliphatic heterocycles. The van der Waals surface area contributed by atoms with Crippen LogP contribution in [0.4, 0.5) is 11.4 Å². The second-order valence-corrected chi connectivity index (χ2v) is 8.52. The van der Waals surface area contributed by atoms with Crippen molar-refractivity contribution in [2.75, 3.05) is 49.2 Å². The minimum atomic E-state index is -0.0898. The van der Waals surface area contributed by atoms with Gasteiger partial charge < -0.3 is 15.1 Å². The first-order valence-electron chi connectivity index (χ1n) is 9.71. The third kappa shape index (κ3) is 5.13. The number of likely N-dealkylation sites (N-methyl/N-ethyl adjacent to an activating group) is 1. The lowest BCUT2D eigenvalue weighted by Crippen LogP contribution is -2.44. The summed E-state index contributed by atoms with van der Waals surface area (Å²) in [5.41, 5.74) is 2.83. The van der Waals surface area contributed by atoms with Crippen LogP contribution in [0.2, 0.25) is 5.02 Å². The number of anilines is 2. The third-order valence-corrected chi connectivity index (χ3v) is 6.13. The number of carbonyl (C=O) groups is 1. The summed E-state index contributed by atoms with van der Waals surface area (Å²) in [7, 11) is 2.14. The Balaban J connectivity index is 1.32. The average molecular weight is 443 g/mol. The molecular weight excluding hydrogens is 420 g/mol. The summed E-state index contributed by atoms with van der Waals surface area (Å²) >= 11 is 7.40. The van der Waals surface area contributed by atoms with Crippen LogP contribution < -0.4 is 10.2 Å². The summed E-state index contributed by atoms with van der Waals surface area (Å²) in [5, 5.41) is 12.3. The van der Waals surface area contributed by atoms with Crippen molar-refractivity contribution in [3.05, 3.63) is 59.9 Å². The number of hydrogen-bond acceptors (Lipinski definition) is 6. The Hall–Kier alpha value is -2.55. The van der Waals surface area contributed by atoms with E-state index in [9.17, 15) is 4.79 Å². The zero-order chi connectivity index (χ0) is 20.9. The minimum absolute atomic E-state index is 0.0898. The largest absolute Gasteiger partial charge is 0.369 e. The fraction of sp³-hybridized carbons (Fsp3) is 0.286. The predicted molar refractivity (Wildman–Crippen MR) is 122 cm³/mol. The van der Waals surface area contributed by atoms with Gasteiger partial charge in [0, 0.05) is 42.6 Å². The molecule has 1 amide bonds. The second kappa shape index (κ2) is 9.51. The van der Waals surface area contributed by atoms with Crippen LogP contribution in [0.25, 0.3) is 5.69 Å². The van der Waals surface area contributed by atoms with Gasteiger partial charge in [-0.3, -0.25) is 9.36 Å². The van der Waals surface area contributed by atoms with Gasteiger partial charge in [0.2, 0.25) is 5.91 Å². The van der Waals surface area contributed by atoms with Crippen molar-refractivity contribution in [2.45, 2.75) is 5.16 Å². The van der Waals surface area contributed by atoms with Crippen LogP contribution >= 0.6 is 23.4 Å². The number of rotatable bonds is 6. The van der Waals surface area contributed by atoms with Gasteiger partial charge in [-0.25, -0.2) is 0 Å². The van der Waals surface area contributed by atoms with Gasteiger partial charge in [0.1, 0.15) is 6.33 Å². The highest BCUT2D eigenvalue weighted by Gasteiger charge is 2.14. The molecule has 1 saturated heterocycles. The Bertz CT molecular complexity index is 1000. The minimum Gasteiger partial charge on any atom is -0.369 e. The summed E-state index contributed by atoms with van der Waals surface area (Å²) in [6.45, 7) is 4.17. The first-order valence-corrected chi connectivity index (χ1v) is 11.1. The summed E-state index contributed by atoms with van der Waals surface area (Å²) in [6.07, 6.45) is 1.61. The molecule has 1 N–H and O–H groups in total. The third-order valence-electron chi connectivity index (χ3n) is 4.95. The van der Waals surface area contributed by atoms with Crippen molar-refractivity contribution in [3.63, 3.8) is 0 Å². The molecule has 2 aromatic carbocycles. The first kappa shape index (κ1) is 20.7. The van der Waals surface area contributed by atoms with E-state index in [0.29, 0.717) is 10.2 Å². The Morgan fingerprint density at radius 3 is 2.60 bits per heavy atom. The van der Waals surface area contributed by atoms with E-state index in [1.807, 2.05) is 41.0 Å². The molecule has 1 aromatic heterocycles. The molecule has 7 nitrogen and oxygen atoms in total. The van der Waals surface area contributed by atoms with E-state index in [-0.39, 0.29) is 11.7 Å². The van der Waals surface area contributed by atoms with Gasteiger partial charge in [-0.2, -0.15) is 0 Å². The van der Waals surface area contributed by atoms with Crippen LogP contribution in [0.1, 0.15) is 0 Å².